The minimum atomic E-state index is 0.622. The quantitative estimate of drug-likeness (QED) is 0.395. The third kappa shape index (κ3) is 5.20. The lowest BCUT2D eigenvalue weighted by Crippen LogP contribution is -2.26. The lowest BCUT2D eigenvalue weighted by atomic mass is 10.1. The minimum absolute atomic E-state index is 0.622. The molecule has 2 aromatic carbocycles. The zero-order chi connectivity index (χ0) is 23.0. The number of halogens is 1. The maximum Gasteiger partial charge on any atom is 0.196 e. The fourth-order valence-corrected chi connectivity index (χ4v) is 4.15. The van der Waals surface area contributed by atoms with Crippen molar-refractivity contribution in [3.8, 4) is 0 Å². The second-order valence-corrected chi connectivity index (χ2v) is 7.81. The molecule has 2 aromatic heterocycles. The van der Waals surface area contributed by atoms with E-state index in [1.165, 1.54) is 17.1 Å². The van der Waals surface area contributed by atoms with Gasteiger partial charge >= 0.3 is 0 Å². The highest BCUT2D eigenvalue weighted by atomic mass is 35.5. The molecule has 2 aliphatic rings. The van der Waals surface area contributed by atoms with Crippen molar-refractivity contribution in [3.63, 3.8) is 0 Å². The Hall–Kier alpha value is -3.30. The number of nitrogens with one attached hydrogen (secondary N) is 3. The number of nitrogens with zero attached hydrogens (tertiary/aromatic N) is 5. The van der Waals surface area contributed by atoms with E-state index in [2.05, 4.69) is 51.8 Å². The molecule has 2 aliphatic heterocycles. The summed E-state index contributed by atoms with van der Waals surface area (Å²) in [5.41, 5.74) is 3.36. The molecule has 33 heavy (non-hydrogen) atoms. The van der Waals surface area contributed by atoms with Crippen LogP contribution in [0.25, 0.3) is 21.8 Å². The Bertz CT molecular complexity index is 1290. The summed E-state index contributed by atoms with van der Waals surface area (Å²) in [4.78, 5) is 13.0. The number of hydrogen-bond acceptors (Lipinski definition) is 9. The van der Waals surface area contributed by atoms with E-state index in [1.807, 2.05) is 50.4 Å². The summed E-state index contributed by atoms with van der Waals surface area (Å²) in [5, 5.41) is 12.5. The smallest absolute Gasteiger partial charge is 0.196 e. The summed E-state index contributed by atoms with van der Waals surface area (Å²) in [7, 11) is 0. The van der Waals surface area contributed by atoms with Gasteiger partial charge in [-0.1, -0.05) is 49.7 Å². The standard InChI is InChI=1S/C12H11N3.C9H8ClN5S.C2H6/c1-2-4-10-9(3-1)5-6-13-11(10)12-14-7-8-15-12;10-5-1-2-6-8(15-16-14-6)7(5)13-9-11-3-4-12-9;1-2/h1-6H,7-8H2,(H,14,15);1-2H,3-4H2,(H2,11,12,13);1-2H3. The largest absolute Gasteiger partial charge is 0.367 e. The number of fused-ring (bicyclic) bond motifs is 2. The molecule has 0 radical (unpaired) electrons. The molecule has 6 rings (SSSR count). The lowest BCUT2D eigenvalue weighted by molar-refractivity contribution is 0.959. The molecule has 10 heteroatoms. The first kappa shape index (κ1) is 22.9. The monoisotopic (exact) mass is 480 g/mol. The van der Waals surface area contributed by atoms with Gasteiger partial charge in [0.05, 0.1) is 35.5 Å². The van der Waals surface area contributed by atoms with Gasteiger partial charge in [0, 0.05) is 24.7 Å². The van der Waals surface area contributed by atoms with E-state index in [0.717, 1.165) is 65.8 Å². The predicted molar refractivity (Wildman–Crippen MR) is 139 cm³/mol. The fraction of sp³-hybridized carbons (Fsp3) is 0.261. The van der Waals surface area contributed by atoms with Gasteiger partial charge in [0.25, 0.3) is 0 Å². The highest BCUT2D eigenvalue weighted by Crippen LogP contribution is 2.29. The van der Waals surface area contributed by atoms with E-state index in [-0.39, 0.29) is 0 Å². The lowest BCUT2D eigenvalue weighted by Gasteiger charge is -2.08. The first-order chi connectivity index (χ1) is 16.3. The summed E-state index contributed by atoms with van der Waals surface area (Å²) in [6.07, 6.45) is 1.83. The third-order valence-corrected chi connectivity index (χ3v) is 5.72. The Kier molecular flexibility index (Phi) is 7.64. The van der Waals surface area contributed by atoms with Gasteiger partial charge in [-0.15, -0.1) is 0 Å². The van der Waals surface area contributed by atoms with Crippen LogP contribution in [0.4, 0.5) is 5.69 Å². The summed E-state index contributed by atoms with van der Waals surface area (Å²) >= 11 is 7.30. The third-order valence-electron chi connectivity index (χ3n) is 4.87. The molecule has 0 bridgehead atoms. The Balaban J connectivity index is 0.000000147. The predicted octanol–water partition coefficient (Wildman–Crippen LogP) is 4.33. The van der Waals surface area contributed by atoms with E-state index >= 15 is 0 Å². The Labute approximate surface area is 201 Å². The van der Waals surface area contributed by atoms with E-state index < -0.39 is 0 Å². The van der Waals surface area contributed by atoms with Crippen molar-refractivity contribution in [2.75, 3.05) is 31.5 Å². The molecule has 0 fully saturated rings. The number of guanidine groups is 1. The molecule has 170 valence electrons. The van der Waals surface area contributed by atoms with Crippen molar-refractivity contribution in [2.45, 2.75) is 13.8 Å². The van der Waals surface area contributed by atoms with Crippen molar-refractivity contribution >= 4 is 62.6 Å². The number of pyridine rings is 1. The van der Waals surface area contributed by atoms with Gasteiger partial charge in [-0.2, -0.15) is 8.75 Å². The van der Waals surface area contributed by atoms with Crippen LogP contribution in [-0.2, 0) is 0 Å². The first-order valence-electron chi connectivity index (χ1n) is 10.9. The van der Waals surface area contributed by atoms with Crippen LogP contribution in [0.2, 0.25) is 5.02 Å². The number of aliphatic imine (C=N–C) groups is 2. The van der Waals surface area contributed by atoms with Crippen molar-refractivity contribution in [2.24, 2.45) is 9.98 Å². The van der Waals surface area contributed by atoms with Crippen molar-refractivity contribution < 1.29 is 0 Å². The molecule has 8 nitrogen and oxygen atoms in total. The Morgan fingerprint density at radius 2 is 1.76 bits per heavy atom. The van der Waals surface area contributed by atoms with E-state index in [1.54, 1.807) is 0 Å². The summed E-state index contributed by atoms with van der Waals surface area (Å²) < 4.78 is 8.39. The molecule has 0 unspecified atom stereocenters. The van der Waals surface area contributed by atoms with E-state index in [0.29, 0.717) is 5.02 Å². The molecule has 0 amide bonds. The van der Waals surface area contributed by atoms with Crippen molar-refractivity contribution in [3.05, 3.63) is 59.4 Å². The SMILES string of the molecule is CC.Clc1ccc2nsnc2c1NC1=NCCN1.c1ccc2c(C3=NCCN3)nccc2c1. The van der Waals surface area contributed by atoms with Crippen LogP contribution >= 0.6 is 23.3 Å². The average Bonchev–Trinajstić information content (AvgIpc) is 3.65. The molecule has 0 saturated carbocycles. The second kappa shape index (κ2) is 11.0. The molecular formula is C23H25ClN8S. The van der Waals surface area contributed by atoms with Crippen LogP contribution < -0.4 is 16.0 Å². The van der Waals surface area contributed by atoms with Gasteiger partial charge in [-0.05, 0) is 23.6 Å². The second-order valence-electron chi connectivity index (χ2n) is 6.87. The number of benzene rings is 2. The number of hydrogen-bond donors (Lipinski definition) is 3. The minimum Gasteiger partial charge on any atom is -0.367 e. The van der Waals surface area contributed by atoms with Gasteiger partial charge in [0.15, 0.2) is 5.96 Å². The first-order valence-corrected chi connectivity index (χ1v) is 12.0. The van der Waals surface area contributed by atoms with Crippen LogP contribution in [-0.4, -0.2) is 51.7 Å². The number of aromatic nitrogens is 3. The Morgan fingerprint density at radius 3 is 2.55 bits per heavy atom. The molecule has 0 spiro atoms. The molecule has 4 aromatic rings. The molecule has 0 saturated heterocycles. The number of amidine groups is 1. The van der Waals surface area contributed by atoms with Crippen LogP contribution in [0, 0.1) is 0 Å². The van der Waals surface area contributed by atoms with Gasteiger partial charge in [0.2, 0.25) is 0 Å². The summed E-state index contributed by atoms with van der Waals surface area (Å²) in [6, 6.07) is 13.9. The van der Waals surface area contributed by atoms with Crippen molar-refractivity contribution in [1.82, 2.24) is 24.4 Å². The molecule has 0 aliphatic carbocycles. The van der Waals surface area contributed by atoms with E-state index in [9.17, 15) is 0 Å². The van der Waals surface area contributed by atoms with Gasteiger partial charge in [-0.25, -0.2) is 0 Å². The zero-order valence-corrected chi connectivity index (χ0v) is 20.0. The maximum absolute atomic E-state index is 6.13. The molecule has 0 atom stereocenters. The average molecular weight is 481 g/mol. The number of anilines is 1. The Morgan fingerprint density at radius 1 is 0.939 bits per heavy atom. The van der Waals surface area contributed by atoms with Gasteiger partial charge in [-0.3, -0.25) is 15.0 Å². The normalized spacial score (nSPS) is 14.3. The summed E-state index contributed by atoms with van der Waals surface area (Å²) in [6.45, 7) is 7.40. The molecular weight excluding hydrogens is 456 g/mol. The van der Waals surface area contributed by atoms with Crippen LogP contribution in [0.3, 0.4) is 0 Å². The topological polar surface area (TPSA) is 99.5 Å². The highest BCUT2D eigenvalue weighted by Gasteiger charge is 2.13. The van der Waals surface area contributed by atoms with Crippen LogP contribution in [0.15, 0.2) is 58.6 Å². The van der Waals surface area contributed by atoms with Crippen LogP contribution in [0.1, 0.15) is 19.5 Å². The molecule has 4 heterocycles. The summed E-state index contributed by atoms with van der Waals surface area (Å²) in [5.74, 6) is 1.66. The van der Waals surface area contributed by atoms with Crippen molar-refractivity contribution in [1.29, 1.82) is 0 Å². The van der Waals surface area contributed by atoms with Gasteiger partial charge in [0.1, 0.15) is 22.6 Å². The highest BCUT2D eigenvalue weighted by molar-refractivity contribution is 7.00. The number of rotatable bonds is 2. The van der Waals surface area contributed by atoms with E-state index in [4.69, 9.17) is 11.6 Å². The maximum atomic E-state index is 6.13. The fourth-order valence-electron chi connectivity index (χ4n) is 3.41. The molecule has 3 N–H and O–H groups in total. The van der Waals surface area contributed by atoms with Crippen LogP contribution in [0.5, 0.6) is 0 Å². The van der Waals surface area contributed by atoms with Gasteiger partial charge < -0.3 is 16.0 Å². The zero-order valence-electron chi connectivity index (χ0n) is 18.5.